The van der Waals surface area contributed by atoms with Gasteiger partial charge in [-0.05, 0) is 40.3 Å². The second-order valence-corrected chi connectivity index (χ2v) is 8.79. The van der Waals surface area contributed by atoms with E-state index in [1.54, 1.807) is 10.9 Å². The maximum atomic E-state index is 11.5. The van der Waals surface area contributed by atoms with Crippen molar-refractivity contribution in [3.8, 4) is 0 Å². The average Bonchev–Trinajstić information content (AvgIpc) is 3.35. The molecular weight excluding hydrogens is 501 g/mol. The van der Waals surface area contributed by atoms with E-state index in [0.29, 0.717) is 23.5 Å². The maximum absolute atomic E-state index is 11.5. The molecule has 1 amide bonds. The van der Waals surface area contributed by atoms with Gasteiger partial charge in [-0.2, -0.15) is 0 Å². The minimum atomic E-state index is -0.920. The highest BCUT2D eigenvalue weighted by Crippen LogP contribution is 2.46. The number of nitrogens with zero attached hydrogens (tertiary/aromatic N) is 4. The molecule has 156 valence electrons. The fraction of sp³-hybridized carbons (Fsp3) is 0.368. The molecule has 4 atom stereocenters. The number of ether oxygens (including phenoxy) is 2. The number of aromatic nitrogens is 4. The van der Waals surface area contributed by atoms with E-state index in [4.69, 9.17) is 20.9 Å². The number of carbonyl (C=O) groups is 1. The quantitative estimate of drug-likeness (QED) is 0.407. The van der Waals surface area contributed by atoms with Crippen LogP contribution < -0.4 is 16.8 Å². The van der Waals surface area contributed by atoms with Gasteiger partial charge in [0.2, 0.25) is 5.91 Å². The highest BCUT2D eigenvalue weighted by Gasteiger charge is 2.61. The van der Waals surface area contributed by atoms with Crippen LogP contribution in [0.1, 0.15) is 18.2 Å². The first kappa shape index (κ1) is 19.6. The lowest BCUT2D eigenvalue weighted by molar-refractivity contribution is -0.175. The van der Waals surface area contributed by atoms with Crippen LogP contribution in [0.15, 0.2) is 36.9 Å². The molecule has 2 fully saturated rings. The first-order valence-electron chi connectivity index (χ1n) is 9.46. The molecule has 0 aliphatic carbocycles. The Labute approximate surface area is 185 Å². The Bertz CT molecular complexity index is 1120. The van der Waals surface area contributed by atoms with Crippen molar-refractivity contribution in [1.82, 2.24) is 19.5 Å². The molecule has 3 aromatic rings. The molecule has 0 spiro atoms. The average molecular weight is 521 g/mol. The van der Waals surface area contributed by atoms with Crippen LogP contribution in [0.2, 0.25) is 0 Å². The zero-order valence-corrected chi connectivity index (χ0v) is 18.0. The summed E-state index contributed by atoms with van der Waals surface area (Å²) in [5, 5.41) is 3.32. The molecule has 0 saturated carbocycles. The predicted molar refractivity (Wildman–Crippen MR) is 116 cm³/mol. The number of halogens is 1. The molecule has 2 bridgehead atoms. The summed E-state index contributed by atoms with van der Waals surface area (Å²) >= 11 is 2.28. The number of benzene rings is 1. The Balaban J connectivity index is 1.42. The van der Waals surface area contributed by atoms with E-state index in [9.17, 15) is 4.79 Å². The Morgan fingerprint density at radius 2 is 2.23 bits per heavy atom. The van der Waals surface area contributed by atoms with E-state index in [1.165, 1.54) is 9.90 Å². The molecule has 0 unspecified atom stereocenters. The number of hydrogen-bond donors (Lipinski definition) is 3. The largest absolute Gasteiger partial charge is 0.370 e. The second kappa shape index (κ2) is 7.41. The lowest BCUT2D eigenvalue weighted by atomic mass is 9.93. The van der Waals surface area contributed by atoms with Gasteiger partial charge in [0, 0.05) is 10.1 Å². The molecule has 1 aromatic carbocycles. The summed E-state index contributed by atoms with van der Waals surface area (Å²) in [6.45, 7) is 0.844. The standard InChI is InChI=1S/C19H20IN7O3/c20-11-3-1-2-10(4-11)6-23-16-13-17(25-8-24-16)27(9-26-13)18-14-15(22)19(30-18,7-29-14)5-12(21)28/h1-4,8-9,14-15,18H,5-7,22H2,(H2,21,28)(H,23,24,25)/t14-,15+,18-,19-/m1/s1. The Morgan fingerprint density at radius 3 is 3.03 bits per heavy atom. The zero-order chi connectivity index (χ0) is 20.9. The highest BCUT2D eigenvalue weighted by atomic mass is 127. The van der Waals surface area contributed by atoms with Gasteiger partial charge in [0.1, 0.15) is 18.0 Å². The van der Waals surface area contributed by atoms with Gasteiger partial charge in [-0.3, -0.25) is 9.36 Å². The summed E-state index contributed by atoms with van der Waals surface area (Å²) in [4.78, 5) is 24.7. The Morgan fingerprint density at radius 1 is 1.37 bits per heavy atom. The molecule has 2 aliphatic rings. The number of anilines is 1. The van der Waals surface area contributed by atoms with Crippen LogP contribution >= 0.6 is 22.6 Å². The van der Waals surface area contributed by atoms with Crippen molar-refractivity contribution < 1.29 is 14.3 Å². The summed E-state index contributed by atoms with van der Waals surface area (Å²) in [7, 11) is 0. The van der Waals surface area contributed by atoms with Crippen molar-refractivity contribution in [3.05, 3.63) is 46.1 Å². The van der Waals surface area contributed by atoms with Crippen LogP contribution in [0, 0.1) is 3.57 Å². The molecule has 10 nitrogen and oxygen atoms in total. The van der Waals surface area contributed by atoms with Gasteiger partial charge >= 0.3 is 0 Å². The van der Waals surface area contributed by atoms with Crippen molar-refractivity contribution in [1.29, 1.82) is 0 Å². The molecule has 11 heteroatoms. The Hall–Kier alpha value is -2.35. The van der Waals surface area contributed by atoms with Crippen LogP contribution in [0.4, 0.5) is 5.82 Å². The van der Waals surface area contributed by atoms with Crippen LogP contribution in [0.5, 0.6) is 0 Å². The van der Waals surface area contributed by atoms with Crippen molar-refractivity contribution in [3.63, 3.8) is 0 Å². The van der Waals surface area contributed by atoms with Gasteiger partial charge in [-0.1, -0.05) is 12.1 Å². The van der Waals surface area contributed by atoms with Crippen molar-refractivity contribution in [2.45, 2.75) is 36.9 Å². The zero-order valence-electron chi connectivity index (χ0n) is 15.9. The fourth-order valence-corrected chi connectivity index (χ4v) is 4.74. The van der Waals surface area contributed by atoms with Gasteiger partial charge < -0.3 is 26.3 Å². The number of amides is 1. The summed E-state index contributed by atoms with van der Waals surface area (Å²) in [6.07, 6.45) is 2.15. The third-order valence-electron chi connectivity index (χ3n) is 5.57. The molecular formula is C19H20IN7O3. The van der Waals surface area contributed by atoms with Crippen LogP contribution in [-0.2, 0) is 20.8 Å². The van der Waals surface area contributed by atoms with Gasteiger partial charge in [0.05, 0.1) is 25.4 Å². The molecule has 0 radical (unpaired) electrons. The Kier molecular flexibility index (Phi) is 4.84. The number of rotatable bonds is 6. The van der Waals surface area contributed by atoms with E-state index in [1.807, 2.05) is 18.2 Å². The number of nitrogens with one attached hydrogen (secondary N) is 1. The molecule has 30 heavy (non-hydrogen) atoms. The third kappa shape index (κ3) is 3.21. The van der Waals surface area contributed by atoms with Crippen molar-refractivity contribution in [2.75, 3.05) is 11.9 Å². The topological polar surface area (TPSA) is 143 Å². The van der Waals surface area contributed by atoms with Crippen LogP contribution in [0.25, 0.3) is 11.2 Å². The van der Waals surface area contributed by atoms with E-state index in [-0.39, 0.29) is 13.0 Å². The summed E-state index contributed by atoms with van der Waals surface area (Å²) in [5.74, 6) is 0.146. The molecule has 5 N–H and O–H groups in total. The van der Waals surface area contributed by atoms with E-state index < -0.39 is 29.9 Å². The van der Waals surface area contributed by atoms with Crippen molar-refractivity contribution in [2.24, 2.45) is 11.5 Å². The van der Waals surface area contributed by atoms with E-state index >= 15 is 0 Å². The monoisotopic (exact) mass is 521 g/mol. The smallest absolute Gasteiger partial charge is 0.220 e. The van der Waals surface area contributed by atoms with E-state index in [2.05, 4.69) is 48.9 Å². The minimum Gasteiger partial charge on any atom is -0.370 e. The van der Waals surface area contributed by atoms with Gasteiger partial charge in [0.15, 0.2) is 23.2 Å². The number of carbonyl (C=O) groups excluding carboxylic acids is 1. The number of primary amides is 1. The number of imidazole rings is 1. The molecule has 5 rings (SSSR count). The minimum absolute atomic E-state index is 0.00542. The summed E-state index contributed by atoms with van der Waals surface area (Å²) in [6, 6.07) is 7.74. The first-order chi connectivity index (χ1) is 14.5. The van der Waals surface area contributed by atoms with Crippen LogP contribution in [0.3, 0.4) is 0 Å². The summed E-state index contributed by atoms with van der Waals surface area (Å²) in [5.41, 5.74) is 13.2. The predicted octanol–water partition coefficient (Wildman–Crippen LogP) is 0.912. The van der Waals surface area contributed by atoms with Gasteiger partial charge in [-0.15, -0.1) is 0 Å². The fourth-order valence-electron chi connectivity index (χ4n) is 4.14. The second-order valence-electron chi connectivity index (χ2n) is 7.55. The molecule has 2 aliphatic heterocycles. The third-order valence-corrected chi connectivity index (χ3v) is 6.24. The summed E-state index contributed by atoms with van der Waals surface area (Å²) < 4.78 is 15.0. The molecule has 2 saturated heterocycles. The van der Waals surface area contributed by atoms with Gasteiger partial charge in [0.25, 0.3) is 0 Å². The lowest BCUT2D eigenvalue weighted by Gasteiger charge is -2.30. The van der Waals surface area contributed by atoms with E-state index in [0.717, 1.165) is 5.56 Å². The highest BCUT2D eigenvalue weighted by molar-refractivity contribution is 14.1. The van der Waals surface area contributed by atoms with Gasteiger partial charge in [-0.25, -0.2) is 15.0 Å². The first-order valence-corrected chi connectivity index (χ1v) is 10.5. The number of fused-ring (bicyclic) bond motifs is 3. The maximum Gasteiger partial charge on any atom is 0.220 e. The number of hydrogen-bond acceptors (Lipinski definition) is 8. The normalized spacial score (nSPS) is 27.6. The lowest BCUT2D eigenvalue weighted by Crippen LogP contribution is -2.48. The molecule has 4 heterocycles. The van der Waals surface area contributed by atoms with Crippen LogP contribution in [-0.4, -0.2) is 49.8 Å². The molecule has 2 aromatic heterocycles. The number of nitrogens with two attached hydrogens (primary N) is 2. The van der Waals surface area contributed by atoms with Crippen molar-refractivity contribution >= 4 is 45.5 Å². The SMILES string of the molecule is NC(=O)C[C@]12CO[C@@H]([C@H](n3cnc4c(NCc5cccc(I)c5)ncnc43)O1)[C@@H]2N.